The van der Waals surface area contributed by atoms with Gasteiger partial charge in [0.1, 0.15) is 6.04 Å². The van der Waals surface area contributed by atoms with Crippen LogP contribution in [0.15, 0.2) is 66.7 Å². The van der Waals surface area contributed by atoms with Gasteiger partial charge in [-0.1, -0.05) is 59.6 Å². The Balaban J connectivity index is 1.57. The Morgan fingerprint density at radius 1 is 0.952 bits per heavy atom. The summed E-state index contributed by atoms with van der Waals surface area (Å²) >= 11 is 12.4. The maximum atomic E-state index is 13.8. The molecule has 0 aromatic heterocycles. The van der Waals surface area contributed by atoms with E-state index >= 15 is 0 Å². The van der Waals surface area contributed by atoms with Gasteiger partial charge >= 0.3 is 0 Å². The van der Waals surface area contributed by atoms with Crippen molar-refractivity contribution >= 4 is 50.7 Å². The summed E-state index contributed by atoms with van der Waals surface area (Å²) in [5, 5.41) is 3.58. The molecule has 0 unspecified atom stereocenters. The molecule has 0 saturated heterocycles. The molecule has 0 saturated carbocycles. The molecule has 4 rings (SSSR count). The van der Waals surface area contributed by atoms with Gasteiger partial charge in [0.15, 0.2) is 11.5 Å². The van der Waals surface area contributed by atoms with Gasteiger partial charge in [-0.25, -0.2) is 8.42 Å². The standard InChI is InChI=1S/C30H33Cl2N3O6S/c1-3-33-30(37)26(17-21-8-5-4-6-9-21)34(19-22-11-13-24(31)25(32)16-22)29(36)10-7-15-35(42(2,38)39)23-12-14-27-28(18-23)41-20-40-27/h4-6,8-9,11-14,16,18,26H,3,7,10,15,17,19-20H2,1-2H3,(H,33,37)/t26-/m1/s1. The van der Waals surface area contributed by atoms with Crippen LogP contribution in [0.4, 0.5) is 5.69 Å². The average Bonchev–Trinajstić information content (AvgIpc) is 3.43. The van der Waals surface area contributed by atoms with E-state index in [1.807, 2.05) is 37.3 Å². The summed E-state index contributed by atoms with van der Waals surface area (Å²) in [7, 11) is -3.67. The van der Waals surface area contributed by atoms with Gasteiger partial charge in [-0.2, -0.15) is 0 Å². The van der Waals surface area contributed by atoms with Gasteiger partial charge in [0, 0.05) is 38.5 Å². The summed E-state index contributed by atoms with van der Waals surface area (Å²) in [6.07, 6.45) is 1.63. The molecule has 0 radical (unpaired) electrons. The minimum Gasteiger partial charge on any atom is -0.454 e. The lowest BCUT2D eigenvalue weighted by Gasteiger charge is -2.32. The molecule has 0 fully saturated rings. The van der Waals surface area contributed by atoms with Gasteiger partial charge in [-0.15, -0.1) is 0 Å². The zero-order chi connectivity index (χ0) is 30.3. The minimum atomic E-state index is -3.67. The summed E-state index contributed by atoms with van der Waals surface area (Å²) in [6, 6.07) is 18.6. The van der Waals surface area contributed by atoms with Crippen molar-refractivity contribution < 1.29 is 27.5 Å². The van der Waals surface area contributed by atoms with Gasteiger partial charge in [0.25, 0.3) is 0 Å². The second kappa shape index (κ2) is 14.1. The quantitative estimate of drug-likeness (QED) is 0.283. The van der Waals surface area contributed by atoms with Crippen molar-refractivity contribution in [2.75, 3.05) is 30.4 Å². The SMILES string of the molecule is CCNC(=O)[C@@H](Cc1ccccc1)N(Cc1ccc(Cl)c(Cl)c1)C(=O)CCCN(c1ccc2c(c1)OCO2)S(C)(=O)=O. The highest BCUT2D eigenvalue weighted by molar-refractivity contribution is 7.92. The molecule has 0 bridgehead atoms. The number of carbonyl (C=O) groups is 2. The molecule has 42 heavy (non-hydrogen) atoms. The summed E-state index contributed by atoms with van der Waals surface area (Å²) in [6.45, 7) is 2.45. The first-order chi connectivity index (χ1) is 20.1. The molecule has 9 nitrogen and oxygen atoms in total. The Morgan fingerprint density at radius 3 is 2.38 bits per heavy atom. The first kappa shape index (κ1) is 31.5. The van der Waals surface area contributed by atoms with E-state index in [0.717, 1.165) is 11.8 Å². The molecule has 3 aromatic carbocycles. The van der Waals surface area contributed by atoms with Crippen LogP contribution >= 0.6 is 23.2 Å². The molecule has 1 atom stereocenters. The first-order valence-electron chi connectivity index (χ1n) is 13.5. The van der Waals surface area contributed by atoms with E-state index in [-0.39, 0.29) is 44.5 Å². The smallest absolute Gasteiger partial charge is 0.243 e. The maximum Gasteiger partial charge on any atom is 0.243 e. The van der Waals surface area contributed by atoms with E-state index in [1.165, 1.54) is 9.21 Å². The average molecular weight is 635 g/mol. The lowest BCUT2D eigenvalue weighted by atomic mass is 10.0. The first-order valence-corrected chi connectivity index (χ1v) is 16.1. The molecule has 0 spiro atoms. The van der Waals surface area contributed by atoms with Gasteiger partial charge in [0.05, 0.1) is 22.0 Å². The number of fused-ring (bicyclic) bond motifs is 1. The number of nitrogens with zero attached hydrogens (tertiary/aromatic N) is 2. The highest BCUT2D eigenvalue weighted by Gasteiger charge is 2.30. The monoisotopic (exact) mass is 633 g/mol. The fourth-order valence-electron chi connectivity index (χ4n) is 4.72. The number of anilines is 1. The van der Waals surface area contributed by atoms with Crippen molar-refractivity contribution in [2.24, 2.45) is 0 Å². The summed E-state index contributed by atoms with van der Waals surface area (Å²) < 4.78 is 37.4. The summed E-state index contributed by atoms with van der Waals surface area (Å²) in [4.78, 5) is 28.7. The van der Waals surface area contributed by atoms with Crippen LogP contribution in [-0.4, -0.2) is 57.3 Å². The topological polar surface area (TPSA) is 105 Å². The Labute approximate surface area is 256 Å². The number of carbonyl (C=O) groups excluding carboxylic acids is 2. The largest absolute Gasteiger partial charge is 0.454 e. The number of sulfonamides is 1. The molecule has 12 heteroatoms. The fraction of sp³-hybridized carbons (Fsp3) is 0.333. The number of rotatable bonds is 13. The Kier molecular flexibility index (Phi) is 10.6. The highest BCUT2D eigenvalue weighted by atomic mass is 35.5. The highest BCUT2D eigenvalue weighted by Crippen LogP contribution is 2.36. The molecule has 1 heterocycles. The van der Waals surface area contributed by atoms with Crippen molar-refractivity contribution in [3.05, 3.63) is 87.9 Å². The van der Waals surface area contributed by atoms with Crippen molar-refractivity contribution in [1.29, 1.82) is 0 Å². The summed E-state index contributed by atoms with van der Waals surface area (Å²) in [5.41, 5.74) is 2.01. The molecule has 1 aliphatic rings. The van der Waals surface area contributed by atoms with Crippen LogP contribution in [0, 0.1) is 0 Å². The Bertz CT molecular complexity index is 1520. The molecule has 224 valence electrons. The van der Waals surface area contributed by atoms with Crippen molar-refractivity contribution in [2.45, 2.75) is 38.8 Å². The zero-order valence-electron chi connectivity index (χ0n) is 23.4. The van der Waals surface area contributed by atoms with Crippen LogP contribution in [0.2, 0.25) is 10.0 Å². The van der Waals surface area contributed by atoms with Crippen LogP contribution in [0.5, 0.6) is 11.5 Å². The van der Waals surface area contributed by atoms with Crippen molar-refractivity contribution in [3.63, 3.8) is 0 Å². The minimum absolute atomic E-state index is 0.00257. The summed E-state index contributed by atoms with van der Waals surface area (Å²) in [5.74, 6) is 0.408. The molecular formula is C30H33Cl2N3O6S. The van der Waals surface area contributed by atoms with Crippen LogP contribution in [0.25, 0.3) is 0 Å². The second-order valence-corrected chi connectivity index (χ2v) is 12.6. The maximum absolute atomic E-state index is 13.8. The predicted octanol–water partition coefficient (Wildman–Crippen LogP) is 5.04. The molecule has 2 amide bonds. The number of ether oxygens (including phenoxy) is 2. The lowest BCUT2D eigenvalue weighted by Crippen LogP contribution is -2.50. The van der Waals surface area contributed by atoms with Crippen LogP contribution in [0.3, 0.4) is 0 Å². The third kappa shape index (κ3) is 8.08. The van der Waals surface area contributed by atoms with Gasteiger partial charge in [-0.3, -0.25) is 13.9 Å². The number of halogens is 2. The van der Waals surface area contributed by atoms with Gasteiger partial charge in [-0.05, 0) is 48.7 Å². The van der Waals surface area contributed by atoms with E-state index in [2.05, 4.69) is 5.32 Å². The van der Waals surface area contributed by atoms with Gasteiger partial charge < -0.3 is 19.7 Å². The van der Waals surface area contributed by atoms with E-state index < -0.39 is 16.1 Å². The number of amides is 2. The Hall–Kier alpha value is -3.47. The lowest BCUT2D eigenvalue weighted by molar-refractivity contribution is -0.141. The van der Waals surface area contributed by atoms with E-state index in [0.29, 0.717) is 45.8 Å². The van der Waals surface area contributed by atoms with Crippen LogP contribution in [0.1, 0.15) is 30.9 Å². The molecule has 3 aromatic rings. The second-order valence-electron chi connectivity index (χ2n) is 9.85. The third-order valence-electron chi connectivity index (χ3n) is 6.76. The van der Waals surface area contributed by atoms with Crippen LogP contribution < -0.4 is 19.1 Å². The van der Waals surface area contributed by atoms with Crippen molar-refractivity contribution in [3.8, 4) is 11.5 Å². The third-order valence-corrected chi connectivity index (χ3v) is 8.69. The molecule has 0 aliphatic carbocycles. The van der Waals surface area contributed by atoms with E-state index in [9.17, 15) is 18.0 Å². The van der Waals surface area contributed by atoms with Crippen LogP contribution in [-0.2, 0) is 32.6 Å². The normalized spacial score (nSPS) is 13.0. The Morgan fingerprint density at radius 2 is 1.69 bits per heavy atom. The number of benzene rings is 3. The number of hydrogen-bond acceptors (Lipinski definition) is 6. The van der Waals surface area contributed by atoms with E-state index in [1.54, 1.807) is 36.4 Å². The number of likely N-dealkylation sites (N-methyl/N-ethyl adjacent to an activating group) is 1. The van der Waals surface area contributed by atoms with E-state index in [4.69, 9.17) is 32.7 Å². The molecule has 1 N–H and O–H groups in total. The van der Waals surface area contributed by atoms with Crippen molar-refractivity contribution in [1.82, 2.24) is 10.2 Å². The predicted molar refractivity (Wildman–Crippen MR) is 164 cm³/mol. The zero-order valence-corrected chi connectivity index (χ0v) is 25.7. The fourth-order valence-corrected chi connectivity index (χ4v) is 6.00. The molecule has 1 aliphatic heterocycles. The number of hydrogen-bond donors (Lipinski definition) is 1. The van der Waals surface area contributed by atoms with Gasteiger partial charge in [0.2, 0.25) is 28.6 Å². The number of nitrogens with one attached hydrogen (secondary N) is 1. The molecular weight excluding hydrogens is 601 g/mol.